The van der Waals surface area contributed by atoms with Crippen molar-refractivity contribution in [1.29, 1.82) is 0 Å². The number of hydrogen-bond acceptors (Lipinski definition) is 2. The van der Waals surface area contributed by atoms with Crippen molar-refractivity contribution in [3.05, 3.63) is 230 Å². The molecule has 1 aromatic heterocycles. The molecule has 9 aromatic carbocycles. The van der Waals surface area contributed by atoms with Crippen LogP contribution in [-0.2, 0) is 0 Å². The van der Waals surface area contributed by atoms with Gasteiger partial charge < -0.3 is 4.57 Å². The van der Waals surface area contributed by atoms with E-state index in [9.17, 15) is 0 Å². The summed E-state index contributed by atoms with van der Waals surface area (Å²) in [5.74, 6) is -0.713. The SMILES string of the molecule is O=C1c2cccc(-n3c4cc(-c5ccccc5)ccc4c4ccc(-c5ccccc5)cc43)c2C(=O)N1c1c(-c2ccccc2)cc(-c2ccccc2)cc1-c1ccccc1. The third-order valence-electron chi connectivity index (χ3n) is 11.7. The molecule has 0 N–H and O–H groups in total. The number of fused-ring (bicyclic) bond motifs is 4. The molecule has 0 saturated heterocycles. The number of hydrogen-bond donors (Lipinski definition) is 0. The van der Waals surface area contributed by atoms with E-state index in [1.807, 2.05) is 127 Å². The summed E-state index contributed by atoms with van der Waals surface area (Å²) in [7, 11) is 0. The summed E-state index contributed by atoms with van der Waals surface area (Å²) >= 11 is 0. The van der Waals surface area contributed by atoms with Gasteiger partial charge in [0.15, 0.2) is 0 Å². The van der Waals surface area contributed by atoms with Crippen LogP contribution in [0.1, 0.15) is 20.7 Å². The van der Waals surface area contributed by atoms with Gasteiger partial charge in [-0.05, 0) is 80.9 Å². The number of nitrogens with zero attached hydrogens (tertiary/aromatic N) is 2. The summed E-state index contributed by atoms with van der Waals surface area (Å²) in [5.41, 5.74) is 13.6. The highest BCUT2D eigenvalue weighted by Crippen LogP contribution is 2.47. The van der Waals surface area contributed by atoms with E-state index in [1.165, 1.54) is 4.90 Å². The van der Waals surface area contributed by atoms with Crippen LogP contribution >= 0.6 is 0 Å². The van der Waals surface area contributed by atoms with Crippen molar-refractivity contribution < 1.29 is 9.59 Å². The quantitative estimate of drug-likeness (QED) is 0.152. The number of rotatable bonds is 7. The van der Waals surface area contributed by atoms with Gasteiger partial charge in [-0.15, -0.1) is 0 Å². The second kappa shape index (κ2) is 14.4. The molecule has 282 valence electrons. The fourth-order valence-electron chi connectivity index (χ4n) is 8.90. The number of imide groups is 1. The van der Waals surface area contributed by atoms with Crippen molar-refractivity contribution in [2.45, 2.75) is 0 Å². The van der Waals surface area contributed by atoms with Crippen LogP contribution in [0, 0.1) is 0 Å². The van der Waals surface area contributed by atoms with E-state index in [2.05, 4.69) is 89.5 Å². The lowest BCUT2D eigenvalue weighted by molar-refractivity contribution is 0.0926. The molecule has 0 bridgehead atoms. The molecule has 60 heavy (non-hydrogen) atoms. The van der Waals surface area contributed by atoms with Crippen molar-refractivity contribution >= 4 is 39.3 Å². The zero-order valence-corrected chi connectivity index (χ0v) is 32.5. The Morgan fingerprint density at radius 1 is 0.300 bits per heavy atom. The molecule has 2 heterocycles. The van der Waals surface area contributed by atoms with Crippen LogP contribution in [0.2, 0.25) is 0 Å². The molecule has 0 unspecified atom stereocenters. The van der Waals surface area contributed by atoms with E-state index in [0.29, 0.717) is 22.5 Å². The maximum absolute atomic E-state index is 15.6. The highest BCUT2D eigenvalue weighted by Gasteiger charge is 2.42. The van der Waals surface area contributed by atoms with Gasteiger partial charge in [0.25, 0.3) is 11.8 Å². The monoisotopic (exact) mass is 768 g/mol. The van der Waals surface area contributed by atoms with Gasteiger partial charge >= 0.3 is 0 Å². The normalized spacial score (nSPS) is 12.4. The first-order valence-corrected chi connectivity index (χ1v) is 20.2. The molecule has 2 amide bonds. The Balaban J connectivity index is 1.17. The van der Waals surface area contributed by atoms with Crippen molar-refractivity contribution in [3.63, 3.8) is 0 Å². The third kappa shape index (κ3) is 5.77. The summed E-state index contributed by atoms with van der Waals surface area (Å²) in [6, 6.07) is 74.0. The molecule has 4 heteroatoms. The molecule has 0 spiro atoms. The molecule has 0 aliphatic carbocycles. The second-order valence-electron chi connectivity index (χ2n) is 15.2. The molecule has 10 aromatic rings. The number of amides is 2. The zero-order valence-electron chi connectivity index (χ0n) is 32.5. The predicted octanol–water partition coefficient (Wildman–Crippen LogP) is 13.9. The van der Waals surface area contributed by atoms with Crippen molar-refractivity contribution in [2.24, 2.45) is 0 Å². The summed E-state index contributed by atoms with van der Waals surface area (Å²) in [6.45, 7) is 0. The summed E-state index contributed by atoms with van der Waals surface area (Å²) in [5, 5.41) is 2.12. The van der Waals surface area contributed by atoms with Crippen molar-refractivity contribution in [3.8, 4) is 61.3 Å². The Kier molecular flexibility index (Phi) is 8.42. The molecule has 1 aliphatic heterocycles. The van der Waals surface area contributed by atoms with Crippen molar-refractivity contribution in [2.75, 3.05) is 4.90 Å². The topological polar surface area (TPSA) is 42.3 Å². The Bertz CT molecular complexity index is 3110. The van der Waals surface area contributed by atoms with E-state index in [0.717, 1.165) is 77.4 Å². The standard InChI is InChI=1S/C56H36N2O2/c59-55-47-27-16-28-50(57-51-35-42(37-17-6-1-7-18-37)29-31-45(51)46-32-30-43(36-52(46)57)38-19-8-2-9-20-38)53(47)56(60)58(55)54-48(40-23-12-4-13-24-40)33-44(39-21-10-3-11-22-39)34-49(54)41-25-14-5-15-26-41/h1-36H. The van der Waals surface area contributed by atoms with Crippen LogP contribution in [0.4, 0.5) is 5.69 Å². The van der Waals surface area contributed by atoms with Crippen LogP contribution in [-0.4, -0.2) is 16.4 Å². The smallest absolute Gasteiger partial charge is 0.268 e. The lowest BCUT2D eigenvalue weighted by Gasteiger charge is -2.24. The molecule has 11 rings (SSSR count). The summed E-state index contributed by atoms with van der Waals surface area (Å²) in [6.07, 6.45) is 0. The van der Waals surface area contributed by atoms with E-state index in [-0.39, 0.29) is 11.8 Å². The highest BCUT2D eigenvalue weighted by atomic mass is 16.2. The molecule has 0 atom stereocenters. The number of anilines is 1. The summed E-state index contributed by atoms with van der Waals surface area (Å²) < 4.78 is 2.19. The van der Waals surface area contributed by atoms with Crippen molar-refractivity contribution in [1.82, 2.24) is 4.57 Å². The molecule has 0 fully saturated rings. The Morgan fingerprint density at radius 2 is 0.717 bits per heavy atom. The number of carbonyl (C=O) groups excluding carboxylic acids is 2. The van der Waals surface area contributed by atoms with E-state index in [4.69, 9.17) is 0 Å². The average Bonchev–Trinajstić information content (AvgIpc) is 3.78. The second-order valence-corrected chi connectivity index (χ2v) is 15.2. The minimum Gasteiger partial charge on any atom is -0.308 e. The van der Waals surface area contributed by atoms with Crippen LogP contribution in [0.5, 0.6) is 0 Å². The molecular formula is C56H36N2O2. The number of aromatic nitrogens is 1. The van der Waals surface area contributed by atoms with Crippen LogP contribution in [0.15, 0.2) is 218 Å². The molecule has 1 aliphatic rings. The zero-order chi connectivity index (χ0) is 40.2. The molecule has 4 nitrogen and oxygen atoms in total. The van der Waals surface area contributed by atoms with Crippen LogP contribution in [0.25, 0.3) is 83.1 Å². The Labute approximate surface area is 347 Å². The maximum atomic E-state index is 15.6. The van der Waals surface area contributed by atoms with Gasteiger partial charge in [0, 0.05) is 21.9 Å². The lowest BCUT2D eigenvalue weighted by Crippen LogP contribution is -2.30. The largest absolute Gasteiger partial charge is 0.308 e. The minimum atomic E-state index is -0.360. The maximum Gasteiger partial charge on any atom is 0.268 e. The van der Waals surface area contributed by atoms with E-state index in [1.54, 1.807) is 6.07 Å². The van der Waals surface area contributed by atoms with Crippen LogP contribution < -0.4 is 4.90 Å². The lowest BCUT2D eigenvalue weighted by atomic mass is 9.90. The number of carbonyl (C=O) groups is 2. The predicted molar refractivity (Wildman–Crippen MR) is 246 cm³/mol. The minimum absolute atomic E-state index is 0.352. The molecule has 0 saturated carbocycles. The summed E-state index contributed by atoms with van der Waals surface area (Å²) in [4.78, 5) is 32.2. The highest BCUT2D eigenvalue weighted by molar-refractivity contribution is 6.37. The van der Waals surface area contributed by atoms with Gasteiger partial charge in [-0.3, -0.25) is 9.59 Å². The van der Waals surface area contributed by atoms with Crippen LogP contribution in [0.3, 0.4) is 0 Å². The van der Waals surface area contributed by atoms with Gasteiger partial charge in [0.2, 0.25) is 0 Å². The Morgan fingerprint density at radius 3 is 1.17 bits per heavy atom. The van der Waals surface area contributed by atoms with Gasteiger partial charge in [0.1, 0.15) is 0 Å². The fourth-order valence-corrected chi connectivity index (χ4v) is 8.90. The molecule has 0 radical (unpaired) electrons. The fraction of sp³-hybridized carbons (Fsp3) is 0. The first-order valence-electron chi connectivity index (χ1n) is 20.2. The van der Waals surface area contributed by atoms with Gasteiger partial charge in [0.05, 0.1) is 33.5 Å². The third-order valence-corrected chi connectivity index (χ3v) is 11.7. The average molecular weight is 769 g/mol. The van der Waals surface area contributed by atoms with Gasteiger partial charge in [-0.25, -0.2) is 4.90 Å². The molecular weight excluding hydrogens is 733 g/mol. The number of benzene rings is 9. The van der Waals surface area contributed by atoms with Gasteiger partial charge in [-0.1, -0.05) is 182 Å². The van der Waals surface area contributed by atoms with E-state index >= 15 is 9.59 Å². The van der Waals surface area contributed by atoms with E-state index < -0.39 is 0 Å². The van der Waals surface area contributed by atoms with Gasteiger partial charge in [-0.2, -0.15) is 0 Å². The first-order chi connectivity index (χ1) is 29.6. The Hall–Kier alpha value is -8.08. The first kappa shape index (κ1) is 35.1.